The Balaban J connectivity index is 1.34. The highest BCUT2D eigenvalue weighted by atomic mass is 19.4. The Bertz CT molecular complexity index is 1440. The minimum absolute atomic E-state index is 0.0190. The molecule has 1 atom stereocenters. The largest absolute Gasteiger partial charge is 0.497 e. The van der Waals surface area contributed by atoms with Crippen LogP contribution in [0.3, 0.4) is 0 Å². The van der Waals surface area contributed by atoms with E-state index in [1.807, 2.05) is 0 Å². The molecule has 0 saturated carbocycles. The lowest BCUT2D eigenvalue weighted by atomic mass is 10.2. The van der Waals surface area contributed by atoms with Gasteiger partial charge in [0.2, 0.25) is 5.95 Å². The number of aromatic nitrogens is 4. The van der Waals surface area contributed by atoms with Crippen LogP contribution in [0.2, 0.25) is 0 Å². The van der Waals surface area contributed by atoms with Crippen molar-refractivity contribution in [1.29, 1.82) is 0 Å². The highest BCUT2D eigenvalue weighted by Gasteiger charge is 2.39. The lowest BCUT2D eigenvalue weighted by Gasteiger charge is -2.22. The number of amides is 1. The van der Waals surface area contributed by atoms with E-state index in [1.54, 1.807) is 24.3 Å². The van der Waals surface area contributed by atoms with E-state index in [9.17, 15) is 18.0 Å². The number of hydrogen-bond acceptors (Lipinski definition) is 8. The first-order chi connectivity index (χ1) is 18.3. The molecule has 13 heteroatoms. The Hall–Kier alpha value is -4.23. The number of carbonyl (C=O) groups is 1. The number of pyridine rings is 1. The average Bonchev–Trinajstić information content (AvgIpc) is 3.32. The average molecular weight is 528 g/mol. The number of carbonyl (C=O) groups excluding carboxylic acids is 1. The van der Waals surface area contributed by atoms with E-state index >= 15 is 0 Å². The number of nitrogens with one attached hydrogen (secondary N) is 2. The van der Waals surface area contributed by atoms with Crippen LogP contribution in [0, 0.1) is 0 Å². The quantitative estimate of drug-likeness (QED) is 0.331. The van der Waals surface area contributed by atoms with Gasteiger partial charge in [-0.3, -0.25) is 9.20 Å². The van der Waals surface area contributed by atoms with Crippen molar-refractivity contribution in [3.8, 4) is 17.1 Å². The summed E-state index contributed by atoms with van der Waals surface area (Å²) in [6.45, 7) is 0.591. The molecule has 1 aliphatic heterocycles. The number of hydrogen-bond donors (Lipinski definition) is 2. The Morgan fingerprint density at radius 1 is 1.13 bits per heavy atom. The maximum absolute atomic E-state index is 13.9. The fourth-order valence-corrected chi connectivity index (χ4v) is 3.96. The van der Waals surface area contributed by atoms with Crippen LogP contribution in [0.1, 0.15) is 35.3 Å². The van der Waals surface area contributed by atoms with Crippen LogP contribution in [0.15, 0.2) is 54.9 Å². The van der Waals surface area contributed by atoms with Gasteiger partial charge >= 0.3 is 6.18 Å². The van der Waals surface area contributed by atoms with E-state index in [4.69, 9.17) is 14.3 Å². The molecule has 38 heavy (non-hydrogen) atoms. The third-order valence-electron chi connectivity index (χ3n) is 5.82. The van der Waals surface area contributed by atoms with Crippen molar-refractivity contribution < 1.29 is 32.3 Å². The van der Waals surface area contributed by atoms with Gasteiger partial charge in [0, 0.05) is 42.7 Å². The number of anilines is 2. The molecule has 10 nitrogen and oxygen atoms in total. The maximum atomic E-state index is 13.9. The molecule has 4 heterocycles. The van der Waals surface area contributed by atoms with E-state index < -0.39 is 24.1 Å². The predicted octanol–water partition coefficient (Wildman–Crippen LogP) is 4.75. The van der Waals surface area contributed by atoms with Gasteiger partial charge in [0.25, 0.3) is 5.91 Å². The fraction of sp³-hybridized carbons (Fsp3) is 0.280. The molecule has 1 aromatic carbocycles. The normalized spacial score (nSPS) is 15.8. The van der Waals surface area contributed by atoms with Crippen LogP contribution in [-0.4, -0.2) is 45.3 Å². The van der Waals surface area contributed by atoms with Gasteiger partial charge in [-0.2, -0.15) is 13.2 Å². The zero-order valence-electron chi connectivity index (χ0n) is 20.2. The van der Waals surface area contributed by atoms with Crippen molar-refractivity contribution >= 4 is 23.2 Å². The van der Waals surface area contributed by atoms with Gasteiger partial charge in [-0.15, -0.1) is 0 Å². The summed E-state index contributed by atoms with van der Waals surface area (Å²) in [5.74, 6) is 0.000730. The molecule has 1 amide bonds. The standard InChI is InChI=1S/C25H23F3N6O4/c1-36-17-10-12-34-19(14-17)32-22(25(26,27)28)21(34)18-9-11-29-24(31-18)30-16-7-5-15(6-8-16)23(35)33-38-20-4-2-3-13-37-20/h5-12,14,20H,2-4,13H2,1H3,(H,33,35)(H,29,30,31). The van der Waals surface area contributed by atoms with Crippen molar-refractivity contribution in [3.05, 3.63) is 66.1 Å². The molecule has 1 fully saturated rings. The molecule has 0 bridgehead atoms. The summed E-state index contributed by atoms with van der Waals surface area (Å²) in [6, 6.07) is 10.7. The highest BCUT2D eigenvalue weighted by molar-refractivity contribution is 5.93. The molecule has 0 aliphatic carbocycles. The topological polar surface area (TPSA) is 112 Å². The minimum atomic E-state index is -4.71. The smallest absolute Gasteiger partial charge is 0.435 e. The second-order valence-corrected chi connectivity index (χ2v) is 8.41. The van der Waals surface area contributed by atoms with Crippen molar-refractivity contribution in [3.63, 3.8) is 0 Å². The first-order valence-corrected chi connectivity index (χ1v) is 11.7. The third kappa shape index (κ3) is 5.53. The van der Waals surface area contributed by atoms with Gasteiger partial charge in [-0.25, -0.2) is 25.3 Å². The van der Waals surface area contributed by atoms with E-state index in [2.05, 4.69) is 25.7 Å². The van der Waals surface area contributed by atoms with E-state index in [1.165, 1.54) is 42.1 Å². The van der Waals surface area contributed by atoms with Gasteiger partial charge in [0.05, 0.1) is 12.8 Å². The van der Waals surface area contributed by atoms with Gasteiger partial charge in [-0.05, 0) is 49.2 Å². The zero-order valence-corrected chi connectivity index (χ0v) is 20.2. The molecule has 198 valence electrons. The number of alkyl halides is 3. The number of rotatable bonds is 7. The third-order valence-corrected chi connectivity index (χ3v) is 5.82. The Morgan fingerprint density at radius 3 is 2.66 bits per heavy atom. The summed E-state index contributed by atoms with van der Waals surface area (Å²) >= 11 is 0. The number of methoxy groups -OCH3 is 1. The van der Waals surface area contributed by atoms with Crippen LogP contribution >= 0.6 is 0 Å². The Morgan fingerprint density at radius 2 is 1.95 bits per heavy atom. The summed E-state index contributed by atoms with van der Waals surface area (Å²) < 4.78 is 53.4. The maximum Gasteiger partial charge on any atom is 0.435 e. The monoisotopic (exact) mass is 528 g/mol. The molecule has 1 saturated heterocycles. The molecule has 3 aromatic heterocycles. The number of hydroxylamine groups is 1. The van der Waals surface area contributed by atoms with Crippen LogP contribution in [-0.2, 0) is 15.8 Å². The summed E-state index contributed by atoms with van der Waals surface area (Å²) in [4.78, 5) is 29.8. The number of ether oxygens (including phenoxy) is 2. The lowest BCUT2D eigenvalue weighted by molar-refractivity contribution is -0.186. The molecular formula is C25H23F3N6O4. The van der Waals surface area contributed by atoms with Gasteiger partial charge < -0.3 is 14.8 Å². The van der Waals surface area contributed by atoms with E-state index in [0.29, 0.717) is 30.0 Å². The second-order valence-electron chi connectivity index (χ2n) is 8.41. The molecule has 5 rings (SSSR count). The SMILES string of the molecule is COc1ccn2c(-c3ccnc(Nc4ccc(C(=O)NOC5CCCCO5)cc4)n3)c(C(F)(F)F)nc2c1. The number of imidazole rings is 1. The van der Waals surface area contributed by atoms with Crippen LogP contribution in [0.4, 0.5) is 24.8 Å². The minimum Gasteiger partial charge on any atom is -0.497 e. The first-order valence-electron chi connectivity index (χ1n) is 11.7. The molecule has 1 aliphatic rings. The molecule has 1 unspecified atom stereocenters. The van der Waals surface area contributed by atoms with Crippen LogP contribution in [0.25, 0.3) is 17.0 Å². The number of nitrogens with zero attached hydrogens (tertiary/aromatic N) is 4. The fourth-order valence-electron chi connectivity index (χ4n) is 3.96. The second kappa shape index (κ2) is 10.6. The molecular weight excluding hydrogens is 505 g/mol. The van der Waals surface area contributed by atoms with Gasteiger partial charge in [0.1, 0.15) is 17.1 Å². The summed E-state index contributed by atoms with van der Waals surface area (Å²) in [5, 5.41) is 2.94. The Labute approximate surface area is 214 Å². The molecule has 4 aromatic rings. The highest BCUT2D eigenvalue weighted by Crippen LogP contribution is 2.37. The van der Waals surface area contributed by atoms with Crippen molar-refractivity contribution in [1.82, 2.24) is 24.8 Å². The van der Waals surface area contributed by atoms with Crippen LogP contribution < -0.4 is 15.5 Å². The van der Waals surface area contributed by atoms with E-state index in [0.717, 1.165) is 12.8 Å². The van der Waals surface area contributed by atoms with Crippen LogP contribution in [0.5, 0.6) is 5.75 Å². The number of fused-ring (bicyclic) bond motifs is 1. The van der Waals surface area contributed by atoms with Crippen molar-refractivity contribution in [2.45, 2.75) is 31.7 Å². The summed E-state index contributed by atoms with van der Waals surface area (Å²) in [6.07, 6.45) is 0.243. The van der Waals surface area contributed by atoms with E-state index in [-0.39, 0.29) is 23.0 Å². The molecule has 0 spiro atoms. The lowest BCUT2D eigenvalue weighted by Crippen LogP contribution is -2.33. The molecule has 2 N–H and O–H groups in total. The predicted molar refractivity (Wildman–Crippen MR) is 130 cm³/mol. The molecule has 0 radical (unpaired) electrons. The summed E-state index contributed by atoms with van der Waals surface area (Å²) in [5.41, 5.74) is 2.03. The van der Waals surface area contributed by atoms with Gasteiger partial charge in [-0.1, -0.05) is 0 Å². The number of benzene rings is 1. The first kappa shape index (κ1) is 25.4. The number of halogens is 3. The van der Waals surface area contributed by atoms with Crippen molar-refractivity contribution in [2.24, 2.45) is 0 Å². The Kier molecular flexibility index (Phi) is 7.11. The zero-order chi connectivity index (χ0) is 26.7. The van der Waals surface area contributed by atoms with Gasteiger partial charge in [0.15, 0.2) is 12.0 Å². The van der Waals surface area contributed by atoms with Crippen molar-refractivity contribution in [2.75, 3.05) is 19.0 Å². The summed E-state index contributed by atoms with van der Waals surface area (Å²) in [7, 11) is 1.42.